The van der Waals surface area contributed by atoms with Crippen LogP contribution in [0.3, 0.4) is 0 Å². The molecule has 0 saturated carbocycles. The number of para-hydroxylation sites is 1. The van der Waals surface area contributed by atoms with Crippen molar-refractivity contribution in [2.75, 3.05) is 41.5 Å². The molecule has 34 heavy (non-hydrogen) atoms. The van der Waals surface area contributed by atoms with Crippen LogP contribution in [0.5, 0.6) is 5.75 Å². The summed E-state index contributed by atoms with van der Waals surface area (Å²) in [6, 6.07) is 13.4. The zero-order valence-electron chi connectivity index (χ0n) is 20.0. The zero-order chi connectivity index (χ0) is 24.5. The van der Waals surface area contributed by atoms with Crippen LogP contribution >= 0.6 is 11.8 Å². The fourth-order valence-corrected chi connectivity index (χ4v) is 8.62. The maximum atomic E-state index is 13.0. The van der Waals surface area contributed by atoms with Gasteiger partial charge in [0.1, 0.15) is 5.75 Å². The molecule has 2 atom stereocenters. The van der Waals surface area contributed by atoms with Gasteiger partial charge >= 0.3 is 0 Å². The molecule has 2 fully saturated rings. The molecule has 2 heterocycles. The summed E-state index contributed by atoms with van der Waals surface area (Å²) in [5.41, 5.74) is 3.83. The molecule has 4 rings (SSSR count). The highest BCUT2D eigenvalue weighted by molar-refractivity contribution is 8.16. The maximum Gasteiger partial charge on any atom is 0.252 e. The quantitative estimate of drug-likeness (QED) is 0.572. The van der Waals surface area contributed by atoms with E-state index in [2.05, 4.69) is 35.9 Å². The molecule has 2 saturated heterocycles. The van der Waals surface area contributed by atoms with E-state index in [4.69, 9.17) is 4.74 Å². The topological polar surface area (TPSA) is 79.3 Å². The molecule has 0 aliphatic carbocycles. The van der Waals surface area contributed by atoms with Crippen LogP contribution in [0.15, 0.2) is 47.5 Å². The van der Waals surface area contributed by atoms with Gasteiger partial charge in [-0.3, -0.25) is 4.79 Å². The Morgan fingerprint density at radius 1 is 1.18 bits per heavy atom. The average molecular weight is 502 g/mol. The van der Waals surface area contributed by atoms with Crippen molar-refractivity contribution in [3.8, 4) is 5.75 Å². The van der Waals surface area contributed by atoms with Crippen LogP contribution in [-0.2, 0) is 21.1 Å². The van der Waals surface area contributed by atoms with Crippen LogP contribution in [0.25, 0.3) is 0 Å². The van der Waals surface area contributed by atoms with Crippen LogP contribution in [0, 0.1) is 6.92 Å². The first kappa shape index (κ1) is 24.6. The summed E-state index contributed by atoms with van der Waals surface area (Å²) in [6.45, 7) is 8.08. The van der Waals surface area contributed by atoms with Gasteiger partial charge in [-0.05, 0) is 50.6 Å². The standard InChI is InChI=1S/C25H31N3O4S2/c1-5-27(6-2)19-11-12-20(17(3)13-19)28-21-15-34(30,31)16-23(21)33-25(28)26-24(29)14-18-9-7-8-10-22(18)32-4/h7-13,21,23H,5-6,14-16H2,1-4H3. The largest absolute Gasteiger partial charge is 0.496 e. The number of amidine groups is 1. The third-order valence-corrected chi connectivity index (χ3v) is 9.60. The summed E-state index contributed by atoms with van der Waals surface area (Å²) >= 11 is 1.40. The van der Waals surface area contributed by atoms with Crippen molar-refractivity contribution >= 4 is 44.0 Å². The molecule has 2 aromatic rings. The number of fused-ring (bicyclic) bond motifs is 1. The van der Waals surface area contributed by atoms with E-state index in [1.807, 2.05) is 42.2 Å². The highest BCUT2D eigenvalue weighted by Gasteiger charge is 2.49. The number of thioether (sulfide) groups is 1. The van der Waals surface area contributed by atoms with Crippen molar-refractivity contribution in [2.45, 2.75) is 38.5 Å². The minimum absolute atomic E-state index is 0.0711. The molecule has 0 aromatic heterocycles. The lowest BCUT2D eigenvalue weighted by atomic mass is 10.1. The molecule has 2 aromatic carbocycles. The first-order chi connectivity index (χ1) is 16.3. The number of ether oxygens (including phenoxy) is 1. The zero-order valence-corrected chi connectivity index (χ0v) is 21.7. The number of hydrogen-bond donors (Lipinski definition) is 0. The molecule has 0 N–H and O–H groups in total. The molecule has 9 heteroatoms. The van der Waals surface area contributed by atoms with Gasteiger partial charge in [0.05, 0.1) is 31.1 Å². The summed E-state index contributed by atoms with van der Waals surface area (Å²) in [7, 11) is -1.55. The Morgan fingerprint density at radius 2 is 1.91 bits per heavy atom. The summed E-state index contributed by atoms with van der Waals surface area (Å²) in [5.74, 6) is 0.548. The summed E-state index contributed by atoms with van der Waals surface area (Å²) in [6.07, 6.45) is 0.120. The van der Waals surface area contributed by atoms with E-state index < -0.39 is 9.84 Å². The molecule has 1 amide bonds. The molecular weight excluding hydrogens is 470 g/mol. The van der Waals surface area contributed by atoms with Gasteiger partial charge in [-0.15, -0.1) is 0 Å². The fraction of sp³-hybridized carbons (Fsp3) is 0.440. The van der Waals surface area contributed by atoms with Gasteiger partial charge in [0.2, 0.25) is 0 Å². The highest BCUT2D eigenvalue weighted by Crippen LogP contribution is 2.42. The van der Waals surface area contributed by atoms with Gasteiger partial charge in [-0.25, -0.2) is 8.42 Å². The normalized spacial score (nSPS) is 22.1. The molecule has 0 bridgehead atoms. The van der Waals surface area contributed by atoms with Crippen molar-refractivity contribution in [3.05, 3.63) is 53.6 Å². The molecule has 2 aliphatic rings. The van der Waals surface area contributed by atoms with Crippen LogP contribution in [0.4, 0.5) is 11.4 Å². The molecule has 2 aliphatic heterocycles. The number of carbonyl (C=O) groups excluding carboxylic acids is 1. The lowest BCUT2D eigenvalue weighted by molar-refractivity contribution is -0.117. The Kier molecular flexibility index (Phi) is 7.23. The number of aryl methyl sites for hydroxylation is 1. The van der Waals surface area contributed by atoms with Gasteiger partial charge in [0.25, 0.3) is 5.91 Å². The maximum absolute atomic E-state index is 13.0. The number of hydrogen-bond acceptors (Lipinski definition) is 6. The van der Waals surface area contributed by atoms with E-state index in [-0.39, 0.29) is 35.1 Å². The monoisotopic (exact) mass is 501 g/mol. The smallest absolute Gasteiger partial charge is 0.252 e. The number of methoxy groups -OCH3 is 1. The first-order valence-electron chi connectivity index (χ1n) is 11.5. The van der Waals surface area contributed by atoms with Gasteiger partial charge in [-0.2, -0.15) is 4.99 Å². The number of aliphatic imine (C=N–C) groups is 1. The molecule has 7 nitrogen and oxygen atoms in total. The number of amides is 1. The minimum atomic E-state index is -3.13. The summed E-state index contributed by atoms with van der Waals surface area (Å²) in [5, 5.41) is 0.438. The van der Waals surface area contributed by atoms with E-state index in [9.17, 15) is 13.2 Å². The number of nitrogens with zero attached hydrogens (tertiary/aromatic N) is 3. The minimum Gasteiger partial charge on any atom is -0.496 e. The van der Waals surface area contributed by atoms with E-state index in [0.29, 0.717) is 10.9 Å². The second-order valence-electron chi connectivity index (χ2n) is 8.59. The predicted octanol–water partition coefficient (Wildman–Crippen LogP) is 3.69. The second-order valence-corrected chi connectivity index (χ2v) is 12.0. The average Bonchev–Trinajstić information content (AvgIpc) is 3.26. The van der Waals surface area contributed by atoms with Crippen LogP contribution in [0.1, 0.15) is 25.0 Å². The molecule has 0 radical (unpaired) electrons. The van der Waals surface area contributed by atoms with Crippen LogP contribution in [0.2, 0.25) is 0 Å². The number of carbonyl (C=O) groups is 1. The predicted molar refractivity (Wildman–Crippen MR) is 140 cm³/mol. The van der Waals surface area contributed by atoms with Gasteiger partial charge < -0.3 is 14.5 Å². The van der Waals surface area contributed by atoms with Crippen molar-refractivity contribution < 1.29 is 17.9 Å². The lowest BCUT2D eigenvalue weighted by Crippen LogP contribution is -2.38. The third kappa shape index (κ3) is 4.95. The van der Waals surface area contributed by atoms with E-state index in [1.54, 1.807) is 7.11 Å². The van der Waals surface area contributed by atoms with E-state index in [0.717, 1.165) is 35.6 Å². The Morgan fingerprint density at radius 3 is 2.59 bits per heavy atom. The van der Waals surface area contributed by atoms with Crippen LogP contribution in [-0.4, -0.2) is 62.5 Å². The summed E-state index contributed by atoms with van der Waals surface area (Å²) < 4.78 is 30.2. The summed E-state index contributed by atoms with van der Waals surface area (Å²) in [4.78, 5) is 21.7. The number of anilines is 2. The SMILES string of the molecule is CCN(CC)c1ccc(N2C(=NC(=O)Cc3ccccc3OC)SC3CS(=O)(=O)CC32)c(C)c1. The van der Waals surface area contributed by atoms with Crippen molar-refractivity contribution in [1.82, 2.24) is 0 Å². The highest BCUT2D eigenvalue weighted by atomic mass is 32.2. The second kappa shape index (κ2) is 10.00. The number of benzene rings is 2. The molecular formula is C25H31N3O4S2. The van der Waals surface area contributed by atoms with E-state index >= 15 is 0 Å². The van der Waals surface area contributed by atoms with Crippen molar-refractivity contribution in [1.29, 1.82) is 0 Å². The van der Waals surface area contributed by atoms with Gasteiger partial charge in [-0.1, -0.05) is 30.0 Å². The van der Waals surface area contributed by atoms with Gasteiger partial charge in [0.15, 0.2) is 15.0 Å². The van der Waals surface area contributed by atoms with Crippen molar-refractivity contribution in [2.24, 2.45) is 4.99 Å². The molecule has 2 unspecified atom stereocenters. The fourth-order valence-electron chi connectivity index (χ4n) is 4.70. The van der Waals surface area contributed by atoms with E-state index in [1.165, 1.54) is 11.8 Å². The molecule has 0 spiro atoms. The lowest BCUT2D eigenvalue weighted by Gasteiger charge is -2.28. The van der Waals surface area contributed by atoms with Gasteiger partial charge in [0, 0.05) is 35.3 Å². The number of rotatable bonds is 7. The van der Waals surface area contributed by atoms with Crippen LogP contribution < -0.4 is 14.5 Å². The molecule has 182 valence electrons. The Labute approximate surface area is 206 Å². The Balaban J connectivity index is 1.68. The van der Waals surface area contributed by atoms with Crippen molar-refractivity contribution in [3.63, 3.8) is 0 Å². The Bertz CT molecular complexity index is 1210. The first-order valence-corrected chi connectivity index (χ1v) is 14.2. The third-order valence-electron chi connectivity index (χ3n) is 6.39. The number of sulfone groups is 1. The Hall–Kier alpha value is -2.52.